The molecule has 60 heavy (non-hydrogen) atoms. The van der Waals surface area contributed by atoms with Crippen LogP contribution in [0.3, 0.4) is 0 Å². The Morgan fingerprint density at radius 1 is 0.883 bits per heavy atom. The van der Waals surface area contributed by atoms with E-state index in [9.17, 15) is 39.9 Å². The third kappa shape index (κ3) is 10.8. The van der Waals surface area contributed by atoms with E-state index >= 15 is 0 Å². The number of hydrogen-bond donors (Lipinski definition) is 4. The number of benzene rings is 5. The molecule has 0 spiro atoms. The number of thioether (sulfide) groups is 1. The highest BCUT2D eigenvalue weighted by Crippen LogP contribution is 2.39. The van der Waals surface area contributed by atoms with Gasteiger partial charge in [-0.15, -0.1) is 11.8 Å². The van der Waals surface area contributed by atoms with Crippen LogP contribution in [0.25, 0.3) is 11.1 Å². The zero-order chi connectivity index (χ0) is 43.1. The van der Waals surface area contributed by atoms with Crippen molar-refractivity contribution < 1.29 is 39.9 Å². The van der Waals surface area contributed by atoms with Crippen LogP contribution in [0.4, 0.5) is 24.5 Å². The smallest absolute Gasteiger partial charge is 0.388 e. The highest BCUT2D eigenvalue weighted by molar-refractivity contribution is 7.99. The first kappa shape index (κ1) is 45.0. The van der Waals surface area contributed by atoms with Crippen LogP contribution in [-0.2, 0) is 19.9 Å². The molecule has 4 N–H and O–H groups in total. The summed E-state index contributed by atoms with van der Waals surface area (Å²) in [5.41, 5.74) is -2.73. The van der Waals surface area contributed by atoms with E-state index in [-0.39, 0.29) is 11.5 Å². The molecular formula is C43H44ClF3N4O6S3. The fourth-order valence-corrected chi connectivity index (χ4v) is 10.2. The second-order valence-electron chi connectivity index (χ2n) is 14.3. The second-order valence-corrected chi connectivity index (χ2v) is 19.4. The molecule has 10 nitrogen and oxygen atoms in total. The summed E-state index contributed by atoms with van der Waals surface area (Å²) in [5, 5.41) is 18.0. The first-order valence-electron chi connectivity index (χ1n) is 19.1. The summed E-state index contributed by atoms with van der Waals surface area (Å²) in [6.45, 7) is 1.68. The molecule has 5 aromatic carbocycles. The van der Waals surface area contributed by atoms with Crippen LogP contribution in [0.5, 0.6) is 0 Å². The van der Waals surface area contributed by atoms with Gasteiger partial charge >= 0.3 is 5.51 Å². The summed E-state index contributed by atoms with van der Waals surface area (Å²) in [6.07, 6.45) is 1.06. The van der Waals surface area contributed by atoms with E-state index in [0.29, 0.717) is 55.7 Å². The predicted molar refractivity (Wildman–Crippen MR) is 231 cm³/mol. The number of nitrogens with one attached hydrogen (secondary N) is 3. The van der Waals surface area contributed by atoms with Gasteiger partial charge in [-0.25, -0.2) is 21.6 Å². The molecule has 1 saturated heterocycles. The molecule has 1 unspecified atom stereocenters. The quantitative estimate of drug-likeness (QED) is 0.0712. The van der Waals surface area contributed by atoms with Gasteiger partial charge in [0.1, 0.15) is 4.90 Å². The largest absolute Gasteiger partial charge is 0.501 e. The molecule has 318 valence electrons. The molecule has 1 amide bonds. The summed E-state index contributed by atoms with van der Waals surface area (Å²) in [7, 11) is -9.19. The zero-order valence-corrected chi connectivity index (χ0v) is 35.6. The summed E-state index contributed by atoms with van der Waals surface area (Å²) in [6, 6.07) is 32.4. The van der Waals surface area contributed by atoms with Gasteiger partial charge in [-0.3, -0.25) is 4.79 Å². The number of aliphatic hydroxyl groups excluding tert-OH is 1. The number of carbonyl (C=O) groups is 1. The molecule has 1 aliphatic rings. The SMILES string of the molecule is CNCCC(CSc1ccccc1)Nc1ccc(S(=O)(=O)NC(=O)c2ccc(N3CCC([C@@H](O)c4ccccc4-c4ccc(Cl)cc4)CC3)cc2)cc1S(=O)(=O)C(F)(F)F. The third-order valence-corrected chi connectivity index (χ3v) is 14.6. The van der Waals surface area contributed by atoms with Gasteiger partial charge in [0.2, 0.25) is 0 Å². The normalized spacial score (nSPS) is 15.0. The number of sulfone groups is 1. The van der Waals surface area contributed by atoms with Crippen molar-refractivity contribution in [3.8, 4) is 11.1 Å². The van der Waals surface area contributed by atoms with E-state index in [1.807, 2.05) is 83.6 Å². The summed E-state index contributed by atoms with van der Waals surface area (Å²) < 4.78 is 96.3. The van der Waals surface area contributed by atoms with Crippen LogP contribution in [0.15, 0.2) is 136 Å². The molecule has 6 rings (SSSR count). The average molecular weight is 901 g/mol. The minimum Gasteiger partial charge on any atom is -0.388 e. The van der Waals surface area contributed by atoms with Crippen molar-refractivity contribution >= 4 is 60.5 Å². The lowest BCUT2D eigenvalue weighted by Crippen LogP contribution is -2.36. The molecule has 0 bridgehead atoms. The lowest BCUT2D eigenvalue weighted by atomic mass is 9.84. The average Bonchev–Trinajstić information content (AvgIpc) is 3.24. The van der Waals surface area contributed by atoms with Crippen molar-refractivity contribution in [2.45, 2.75) is 51.6 Å². The Bertz CT molecular complexity index is 2470. The Hall–Kier alpha value is -4.58. The van der Waals surface area contributed by atoms with Crippen LogP contribution in [0.1, 0.15) is 41.3 Å². The maximum atomic E-state index is 14.0. The standard InChI is InChI=1S/C43H44ClF3N4O6S3/c1-48-24-21-33(28-58-35-7-3-2-4-8-35)49-39-20-19-36(27-40(39)59(54,55)43(45,46)47)60(56,57)50-42(53)31-13-17-34(18-14-31)51-25-22-30(23-26-51)41(52)38-10-6-5-9-37(38)29-11-15-32(44)16-12-29/h2-20,27,30,33,41,48-49,52H,21-26,28H2,1H3,(H,50,53)/t33?,41-/m1/s1. The van der Waals surface area contributed by atoms with Gasteiger partial charge < -0.3 is 20.6 Å². The minimum absolute atomic E-state index is 0.0140. The Balaban J connectivity index is 1.13. The number of carbonyl (C=O) groups excluding carboxylic acids is 1. The molecule has 17 heteroatoms. The van der Waals surface area contributed by atoms with Gasteiger partial charge in [0.05, 0.1) is 16.7 Å². The van der Waals surface area contributed by atoms with Gasteiger partial charge in [-0.2, -0.15) is 13.2 Å². The minimum atomic E-state index is -6.04. The van der Waals surface area contributed by atoms with E-state index in [0.717, 1.165) is 39.4 Å². The third-order valence-electron chi connectivity index (χ3n) is 10.3. The van der Waals surface area contributed by atoms with Crippen LogP contribution >= 0.6 is 23.4 Å². The van der Waals surface area contributed by atoms with E-state index in [4.69, 9.17) is 11.6 Å². The van der Waals surface area contributed by atoms with Crippen molar-refractivity contribution in [1.82, 2.24) is 10.0 Å². The Morgan fingerprint density at radius 2 is 1.53 bits per heavy atom. The number of amides is 1. The molecule has 1 aliphatic heterocycles. The van der Waals surface area contributed by atoms with Gasteiger partial charge in [0.15, 0.2) is 0 Å². The van der Waals surface area contributed by atoms with E-state index in [1.54, 1.807) is 19.2 Å². The maximum Gasteiger partial charge on any atom is 0.501 e. The lowest BCUT2D eigenvalue weighted by molar-refractivity contribution is -0.0435. The van der Waals surface area contributed by atoms with Gasteiger partial charge in [0.25, 0.3) is 25.8 Å². The molecule has 0 saturated carbocycles. The molecule has 0 aliphatic carbocycles. The number of sulfonamides is 1. The van der Waals surface area contributed by atoms with Crippen molar-refractivity contribution in [3.63, 3.8) is 0 Å². The van der Waals surface area contributed by atoms with Crippen LogP contribution in [0, 0.1) is 5.92 Å². The second kappa shape index (κ2) is 19.4. The molecule has 2 atom stereocenters. The number of nitrogens with zero attached hydrogens (tertiary/aromatic N) is 1. The fourth-order valence-electron chi connectivity index (χ4n) is 7.02. The summed E-state index contributed by atoms with van der Waals surface area (Å²) in [5.74, 6) is -0.718. The van der Waals surface area contributed by atoms with Gasteiger partial charge in [-0.05, 0) is 122 Å². The van der Waals surface area contributed by atoms with Crippen LogP contribution in [-0.4, -0.2) is 71.8 Å². The summed E-state index contributed by atoms with van der Waals surface area (Å²) in [4.78, 5) is 14.1. The molecule has 1 fully saturated rings. The number of alkyl halides is 3. The predicted octanol–water partition coefficient (Wildman–Crippen LogP) is 8.55. The number of aliphatic hydroxyl groups is 1. The van der Waals surface area contributed by atoms with E-state index < -0.39 is 58.9 Å². The highest BCUT2D eigenvalue weighted by Gasteiger charge is 2.48. The number of anilines is 2. The Labute approximate surface area is 357 Å². The molecule has 0 radical (unpaired) electrons. The maximum absolute atomic E-state index is 14.0. The Kier molecular flexibility index (Phi) is 14.6. The van der Waals surface area contributed by atoms with Crippen molar-refractivity contribution in [1.29, 1.82) is 0 Å². The first-order valence-corrected chi connectivity index (χ1v) is 23.4. The zero-order valence-electron chi connectivity index (χ0n) is 32.4. The molecular weight excluding hydrogens is 857 g/mol. The fraction of sp³-hybridized carbons (Fsp3) is 0.279. The van der Waals surface area contributed by atoms with Crippen molar-refractivity contribution in [2.24, 2.45) is 5.92 Å². The highest BCUT2D eigenvalue weighted by atomic mass is 35.5. The monoisotopic (exact) mass is 900 g/mol. The van der Waals surface area contributed by atoms with Gasteiger partial charge in [-0.1, -0.05) is 66.2 Å². The van der Waals surface area contributed by atoms with Crippen LogP contribution in [0.2, 0.25) is 5.02 Å². The van der Waals surface area contributed by atoms with Crippen molar-refractivity contribution in [2.75, 3.05) is 42.7 Å². The van der Waals surface area contributed by atoms with E-state index in [2.05, 4.69) is 15.5 Å². The van der Waals surface area contributed by atoms with Gasteiger partial charge in [0, 0.05) is 46.1 Å². The lowest BCUT2D eigenvalue weighted by Gasteiger charge is -2.36. The number of hydrogen-bond acceptors (Lipinski definition) is 10. The number of piperidine rings is 1. The first-order chi connectivity index (χ1) is 28.6. The van der Waals surface area contributed by atoms with Crippen molar-refractivity contribution in [3.05, 3.63) is 137 Å². The molecule has 1 heterocycles. The van der Waals surface area contributed by atoms with Crippen LogP contribution < -0.4 is 20.3 Å². The Morgan fingerprint density at radius 3 is 2.18 bits per heavy atom. The van der Waals surface area contributed by atoms with E-state index in [1.165, 1.54) is 23.9 Å². The summed E-state index contributed by atoms with van der Waals surface area (Å²) >= 11 is 7.50. The molecule has 5 aromatic rings. The molecule has 0 aromatic heterocycles. The topological polar surface area (TPSA) is 145 Å². The number of halogens is 4. The number of rotatable bonds is 16.